The lowest BCUT2D eigenvalue weighted by molar-refractivity contribution is 0.183. The van der Waals surface area contributed by atoms with Gasteiger partial charge in [0, 0.05) is 19.8 Å². The van der Waals surface area contributed by atoms with E-state index in [1.165, 1.54) is 0 Å². The number of phenols is 1. The molecule has 2 aromatic carbocycles. The smallest absolute Gasteiger partial charge is 0.121 e. The van der Waals surface area contributed by atoms with Crippen LogP contribution in [0.25, 0.3) is 10.8 Å². The van der Waals surface area contributed by atoms with Crippen molar-refractivity contribution in [1.29, 1.82) is 0 Å². The normalized spacial score (nSPS) is 10.9. The third-order valence-corrected chi connectivity index (χ3v) is 2.77. The summed E-state index contributed by atoms with van der Waals surface area (Å²) in [4.78, 5) is 0. The largest absolute Gasteiger partial charge is 0.508 e. The predicted octanol–water partition coefficient (Wildman–Crippen LogP) is 2.84. The molecule has 0 spiro atoms. The molecule has 1 N–H and O–H groups in total. The highest BCUT2D eigenvalue weighted by Crippen LogP contribution is 2.28. The standard InChI is InChI=1S/C14H16O3/c1-16-8-10-3-5-12-11(7-10)4-6-14(15)13(12)9-17-2/h3-7,15H,8-9H2,1-2H3. The van der Waals surface area contributed by atoms with Gasteiger partial charge in [-0.25, -0.2) is 0 Å². The summed E-state index contributed by atoms with van der Waals surface area (Å²) in [5.41, 5.74) is 1.95. The topological polar surface area (TPSA) is 38.7 Å². The minimum absolute atomic E-state index is 0.277. The Balaban J connectivity index is 2.54. The first kappa shape index (κ1) is 11.9. The van der Waals surface area contributed by atoms with Gasteiger partial charge in [0.15, 0.2) is 0 Å². The molecule has 0 amide bonds. The lowest BCUT2D eigenvalue weighted by atomic mass is 10.0. The fraction of sp³-hybridized carbons (Fsp3) is 0.286. The zero-order chi connectivity index (χ0) is 12.3. The van der Waals surface area contributed by atoms with Gasteiger partial charge in [0.2, 0.25) is 0 Å². The molecule has 2 aromatic rings. The molecule has 0 saturated carbocycles. The number of hydrogen-bond acceptors (Lipinski definition) is 3. The number of phenolic OH excluding ortho intramolecular Hbond substituents is 1. The van der Waals surface area contributed by atoms with Crippen molar-refractivity contribution in [2.45, 2.75) is 13.2 Å². The highest BCUT2D eigenvalue weighted by atomic mass is 16.5. The highest BCUT2D eigenvalue weighted by molar-refractivity contribution is 5.88. The van der Waals surface area contributed by atoms with E-state index in [1.54, 1.807) is 20.3 Å². The van der Waals surface area contributed by atoms with E-state index >= 15 is 0 Å². The molecule has 17 heavy (non-hydrogen) atoms. The van der Waals surface area contributed by atoms with Crippen molar-refractivity contribution in [3.8, 4) is 5.75 Å². The second-order valence-corrected chi connectivity index (χ2v) is 3.98. The van der Waals surface area contributed by atoms with E-state index in [9.17, 15) is 5.11 Å². The van der Waals surface area contributed by atoms with Crippen molar-refractivity contribution in [3.63, 3.8) is 0 Å². The molecule has 0 aliphatic carbocycles. The highest BCUT2D eigenvalue weighted by Gasteiger charge is 2.07. The van der Waals surface area contributed by atoms with Gasteiger partial charge >= 0.3 is 0 Å². The summed E-state index contributed by atoms with van der Waals surface area (Å²) < 4.78 is 10.2. The first-order valence-corrected chi connectivity index (χ1v) is 5.47. The van der Waals surface area contributed by atoms with Crippen LogP contribution < -0.4 is 0 Å². The van der Waals surface area contributed by atoms with E-state index in [4.69, 9.17) is 9.47 Å². The lowest BCUT2D eigenvalue weighted by Gasteiger charge is -2.09. The molecular formula is C14H16O3. The van der Waals surface area contributed by atoms with Crippen molar-refractivity contribution in [1.82, 2.24) is 0 Å². The second-order valence-electron chi connectivity index (χ2n) is 3.98. The maximum atomic E-state index is 9.81. The van der Waals surface area contributed by atoms with E-state index in [0.29, 0.717) is 13.2 Å². The molecular weight excluding hydrogens is 216 g/mol. The van der Waals surface area contributed by atoms with Gasteiger partial charge in [-0.2, -0.15) is 0 Å². The van der Waals surface area contributed by atoms with Crippen LogP contribution in [0.15, 0.2) is 30.3 Å². The number of fused-ring (bicyclic) bond motifs is 1. The van der Waals surface area contributed by atoms with Crippen molar-refractivity contribution < 1.29 is 14.6 Å². The van der Waals surface area contributed by atoms with E-state index in [-0.39, 0.29) is 5.75 Å². The van der Waals surface area contributed by atoms with E-state index < -0.39 is 0 Å². The molecule has 0 bridgehead atoms. The van der Waals surface area contributed by atoms with Crippen LogP contribution in [-0.4, -0.2) is 19.3 Å². The zero-order valence-corrected chi connectivity index (χ0v) is 10.1. The van der Waals surface area contributed by atoms with Crippen LogP contribution in [0.3, 0.4) is 0 Å². The van der Waals surface area contributed by atoms with Crippen molar-refractivity contribution in [3.05, 3.63) is 41.5 Å². The third-order valence-electron chi connectivity index (χ3n) is 2.77. The summed E-state index contributed by atoms with van der Waals surface area (Å²) in [6.45, 7) is 1.00. The van der Waals surface area contributed by atoms with Crippen LogP contribution in [0, 0.1) is 0 Å². The van der Waals surface area contributed by atoms with Crippen LogP contribution in [-0.2, 0) is 22.7 Å². The number of ether oxygens (including phenoxy) is 2. The summed E-state index contributed by atoms with van der Waals surface area (Å²) in [6.07, 6.45) is 0. The summed E-state index contributed by atoms with van der Waals surface area (Å²) in [5, 5.41) is 11.9. The van der Waals surface area contributed by atoms with Crippen molar-refractivity contribution >= 4 is 10.8 Å². The minimum Gasteiger partial charge on any atom is -0.508 e. The Morgan fingerprint density at radius 3 is 2.47 bits per heavy atom. The number of hydrogen-bond donors (Lipinski definition) is 1. The van der Waals surface area contributed by atoms with Crippen LogP contribution in [0.1, 0.15) is 11.1 Å². The monoisotopic (exact) mass is 232 g/mol. The average molecular weight is 232 g/mol. The first-order chi connectivity index (χ1) is 8.26. The van der Waals surface area contributed by atoms with Crippen LogP contribution >= 0.6 is 0 Å². The summed E-state index contributed by atoms with van der Waals surface area (Å²) >= 11 is 0. The lowest BCUT2D eigenvalue weighted by Crippen LogP contribution is -1.92. The minimum atomic E-state index is 0.277. The van der Waals surface area contributed by atoms with E-state index in [1.807, 2.05) is 18.2 Å². The van der Waals surface area contributed by atoms with E-state index in [2.05, 4.69) is 6.07 Å². The molecule has 3 heteroatoms. The first-order valence-electron chi connectivity index (χ1n) is 5.47. The van der Waals surface area contributed by atoms with E-state index in [0.717, 1.165) is 21.9 Å². The SMILES string of the molecule is COCc1ccc2c(COC)c(O)ccc2c1. The molecule has 0 aliphatic rings. The third kappa shape index (κ3) is 2.40. The Hall–Kier alpha value is -1.58. The molecule has 0 fully saturated rings. The fourth-order valence-corrected chi connectivity index (χ4v) is 1.98. The number of rotatable bonds is 4. The van der Waals surface area contributed by atoms with Crippen LogP contribution in [0.5, 0.6) is 5.75 Å². The number of methoxy groups -OCH3 is 2. The van der Waals surface area contributed by atoms with Gasteiger partial charge in [-0.3, -0.25) is 0 Å². The zero-order valence-electron chi connectivity index (χ0n) is 10.1. The van der Waals surface area contributed by atoms with Crippen molar-refractivity contribution in [2.75, 3.05) is 14.2 Å². The molecule has 3 nitrogen and oxygen atoms in total. The molecule has 0 radical (unpaired) electrons. The number of benzene rings is 2. The number of aromatic hydroxyl groups is 1. The molecule has 0 unspecified atom stereocenters. The Morgan fingerprint density at radius 1 is 1.00 bits per heavy atom. The van der Waals surface area contributed by atoms with Crippen LogP contribution in [0.4, 0.5) is 0 Å². The molecule has 90 valence electrons. The maximum Gasteiger partial charge on any atom is 0.121 e. The van der Waals surface area contributed by atoms with Crippen LogP contribution in [0.2, 0.25) is 0 Å². The summed E-state index contributed by atoms with van der Waals surface area (Å²) in [7, 11) is 3.30. The van der Waals surface area contributed by atoms with Crippen molar-refractivity contribution in [2.24, 2.45) is 0 Å². The Bertz CT molecular complexity index is 520. The maximum absolute atomic E-state index is 9.81. The summed E-state index contributed by atoms with van der Waals surface area (Å²) in [6, 6.07) is 9.68. The Kier molecular flexibility index (Phi) is 3.61. The van der Waals surface area contributed by atoms with Gasteiger partial charge in [0.1, 0.15) is 5.75 Å². The van der Waals surface area contributed by atoms with Gasteiger partial charge in [0.25, 0.3) is 0 Å². The second kappa shape index (κ2) is 5.17. The molecule has 0 atom stereocenters. The molecule has 0 saturated heterocycles. The van der Waals surface area contributed by atoms with Gasteiger partial charge in [0.05, 0.1) is 13.2 Å². The fourth-order valence-electron chi connectivity index (χ4n) is 1.98. The molecule has 0 aliphatic heterocycles. The van der Waals surface area contributed by atoms with Gasteiger partial charge in [-0.05, 0) is 28.5 Å². The Morgan fingerprint density at radius 2 is 1.76 bits per heavy atom. The predicted molar refractivity (Wildman–Crippen MR) is 67.0 cm³/mol. The van der Waals surface area contributed by atoms with Gasteiger partial charge in [-0.15, -0.1) is 0 Å². The van der Waals surface area contributed by atoms with Gasteiger partial charge < -0.3 is 14.6 Å². The quantitative estimate of drug-likeness (QED) is 0.881. The van der Waals surface area contributed by atoms with Gasteiger partial charge in [-0.1, -0.05) is 18.2 Å². The molecule has 0 heterocycles. The summed E-state index contributed by atoms with van der Waals surface area (Å²) in [5.74, 6) is 0.277. The molecule has 2 rings (SSSR count). The average Bonchev–Trinajstić information content (AvgIpc) is 2.33. The Labute approximate surface area is 101 Å². The molecule has 0 aromatic heterocycles.